The minimum atomic E-state index is 0.0246. The van der Waals surface area contributed by atoms with Gasteiger partial charge in [0.2, 0.25) is 0 Å². The van der Waals surface area contributed by atoms with Crippen LogP contribution in [0.4, 0.5) is 5.69 Å². The summed E-state index contributed by atoms with van der Waals surface area (Å²) in [5.41, 5.74) is 1.83. The molecule has 1 N–H and O–H groups in total. The minimum absolute atomic E-state index is 0.0246. The Labute approximate surface area is 136 Å². The molecule has 0 saturated heterocycles. The van der Waals surface area contributed by atoms with Crippen molar-refractivity contribution < 1.29 is 0 Å². The molecular weight excluding hydrogens is 368 g/mol. The van der Waals surface area contributed by atoms with E-state index in [0.717, 1.165) is 15.7 Å². The van der Waals surface area contributed by atoms with Crippen LogP contribution in [-0.2, 0) is 0 Å². The van der Waals surface area contributed by atoms with Crippen LogP contribution in [-0.4, -0.2) is 0 Å². The van der Waals surface area contributed by atoms with Gasteiger partial charge in [-0.2, -0.15) is 0 Å². The third-order valence-corrected chi connectivity index (χ3v) is 4.11. The average molecular weight is 380 g/mol. The van der Waals surface area contributed by atoms with Crippen molar-refractivity contribution in [1.82, 2.24) is 0 Å². The van der Waals surface area contributed by atoms with Crippen molar-refractivity contribution in [3.8, 4) is 0 Å². The second kappa shape index (κ2) is 6.36. The molecule has 0 aliphatic heterocycles. The second-order valence-corrected chi connectivity index (χ2v) is 6.32. The monoisotopic (exact) mass is 377 g/mol. The molecule has 2 rings (SSSR count). The van der Waals surface area contributed by atoms with Gasteiger partial charge in [0.1, 0.15) is 0 Å². The van der Waals surface area contributed by atoms with Crippen LogP contribution in [0.3, 0.4) is 0 Å². The fourth-order valence-corrected chi connectivity index (χ4v) is 2.88. The zero-order chi connectivity index (χ0) is 14.0. The van der Waals surface area contributed by atoms with Crippen molar-refractivity contribution in [2.75, 3.05) is 5.32 Å². The van der Waals surface area contributed by atoms with E-state index in [9.17, 15) is 0 Å². The maximum Gasteiger partial charge on any atom is 0.0638 e. The third kappa shape index (κ3) is 3.79. The fraction of sp³-hybridized carbons (Fsp3) is 0.143. The predicted molar refractivity (Wildman–Crippen MR) is 87.7 cm³/mol. The van der Waals surface area contributed by atoms with Crippen LogP contribution in [0.15, 0.2) is 40.9 Å². The highest BCUT2D eigenvalue weighted by atomic mass is 79.9. The lowest BCUT2D eigenvalue weighted by Gasteiger charge is -2.18. The van der Waals surface area contributed by atoms with E-state index in [-0.39, 0.29) is 6.04 Å². The van der Waals surface area contributed by atoms with E-state index in [1.165, 1.54) is 0 Å². The van der Waals surface area contributed by atoms with Gasteiger partial charge in [0, 0.05) is 14.5 Å². The molecule has 5 heteroatoms. The summed E-state index contributed by atoms with van der Waals surface area (Å²) in [5, 5.41) is 5.27. The first-order valence-corrected chi connectivity index (χ1v) is 7.56. The number of hydrogen-bond acceptors (Lipinski definition) is 1. The molecular formula is C14H11BrCl3N. The highest BCUT2D eigenvalue weighted by molar-refractivity contribution is 9.10. The fourth-order valence-electron chi connectivity index (χ4n) is 1.77. The summed E-state index contributed by atoms with van der Waals surface area (Å²) in [6, 6.07) is 11.2. The van der Waals surface area contributed by atoms with E-state index in [1.54, 1.807) is 6.07 Å². The smallest absolute Gasteiger partial charge is 0.0638 e. The van der Waals surface area contributed by atoms with Crippen LogP contribution < -0.4 is 5.32 Å². The maximum absolute atomic E-state index is 6.19. The number of anilines is 1. The van der Waals surface area contributed by atoms with E-state index in [0.29, 0.717) is 15.1 Å². The van der Waals surface area contributed by atoms with Gasteiger partial charge in [-0.3, -0.25) is 0 Å². The molecule has 0 amide bonds. The third-order valence-electron chi connectivity index (χ3n) is 2.73. The molecule has 0 unspecified atom stereocenters. The second-order valence-electron chi connectivity index (χ2n) is 4.16. The Morgan fingerprint density at radius 3 is 2.42 bits per heavy atom. The Hall–Kier alpha value is -0.410. The summed E-state index contributed by atoms with van der Waals surface area (Å²) >= 11 is 21.7. The molecule has 0 spiro atoms. The van der Waals surface area contributed by atoms with E-state index >= 15 is 0 Å². The molecule has 1 nitrogen and oxygen atoms in total. The van der Waals surface area contributed by atoms with Crippen molar-refractivity contribution in [1.29, 1.82) is 0 Å². The van der Waals surface area contributed by atoms with Gasteiger partial charge in [-0.15, -0.1) is 0 Å². The predicted octanol–water partition coefficient (Wildman–Crippen LogP) is 6.58. The van der Waals surface area contributed by atoms with Crippen molar-refractivity contribution in [2.24, 2.45) is 0 Å². The zero-order valence-electron chi connectivity index (χ0n) is 10.1. The molecule has 2 aromatic carbocycles. The van der Waals surface area contributed by atoms with Gasteiger partial charge in [-0.25, -0.2) is 0 Å². The Bertz CT molecular complexity index is 601. The number of halogens is 4. The van der Waals surface area contributed by atoms with Gasteiger partial charge in [-0.05, 0) is 42.8 Å². The molecule has 19 heavy (non-hydrogen) atoms. The first kappa shape index (κ1) is 15.0. The molecule has 0 aliphatic carbocycles. The summed E-state index contributed by atoms with van der Waals surface area (Å²) in [6.07, 6.45) is 0. The van der Waals surface area contributed by atoms with E-state index in [2.05, 4.69) is 21.2 Å². The van der Waals surface area contributed by atoms with Gasteiger partial charge >= 0.3 is 0 Å². The van der Waals surface area contributed by atoms with E-state index < -0.39 is 0 Å². The van der Waals surface area contributed by atoms with Crippen molar-refractivity contribution in [3.05, 3.63) is 61.5 Å². The summed E-state index contributed by atoms with van der Waals surface area (Å²) < 4.78 is 0.966. The Morgan fingerprint density at radius 1 is 1.00 bits per heavy atom. The number of nitrogens with one attached hydrogen (secondary N) is 1. The Morgan fingerprint density at radius 2 is 1.74 bits per heavy atom. The lowest BCUT2D eigenvalue weighted by Crippen LogP contribution is -2.07. The van der Waals surface area contributed by atoms with Crippen LogP contribution in [0.25, 0.3) is 0 Å². The molecule has 0 radical (unpaired) electrons. The Balaban J connectivity index is 2.25. The normalized spacial score (nSPS) is 12.3. The molecule has 0 aromatic heterocycles. The van der Waals surface area contributed by atoms with Crippen molar-refractivity contribution >= 4 is 56.4 Å². The van der Waals surface area contributed by atoms with Crippen LogP contribution in [0.2, 0.25) is 15.1 Å². The van der Waals surface area contributed by atoms with E-state index in [4.69, 9.17) is 34.8 Å². The zero-order valence-corrected chi connectivity index (χ0v) is 13.9. The maximum atomic E-state index is 6.19. The van der Waals surface area contributed by atoms with E-state index in [1.807, 2.05) is 37.3 Å². The summed E-state index contributed by atoms with van der Waals surface area (Å²) in [7, 11) is 0. The molecule has 0 saturated carbocycles. The molecule has 0 heterocycles. The van der Waals surface area contributed by atoms with Crippen LogP contribution in [0.5, 0.6) is 0 Å². The Kier molecular flexibility index (Phi) is 5.02. The average Bonchev–Trinajstić information content (AvgIpc) is 2.33. The number of hydrogen-bond donors (Lipinski definition) is 1. The topological polar surface area (TPSA) is 12.0 Å². The lowest BCUT2D eigenvalue weighted by atomic mass is 10.1. The van der Waals surface area contributed by atoms with Gasteiger partial charge in [0.05, 0.1) is 16.8 Å². The largest absolute Gasteiger partial charge is 0.377 e. The highest BCUT2D eigenvalue weighted by Gasteiger charge is 2.11. The lowest BCUT2D eigenvalue weighted by molar-refractivity contribution is 0.885. The first-order valence-electron chi connectivity index (χ1n) is 5.64. The molecule has 0 aliphatic rings. The summed E-state index contributed by atoms with van der Waals surface area (Å²) in [4.78, 5) is 0. The molecule has 0 fully saturated rings. The highest BCUT2D eigenvalue weighted by Crippen LogP contribution is 2.32. The summed E-state index contributed by atoms with van der Waals surface area (Å²) in [5.74, 6) is 0. The van der Waals surface area contributed by atoms with Crippen molar-refractivity contribution in [3.63, 3.8) is 0 Å². The molecule has 1 atom stereocenters. The summed E-state index contributed by atoms with van der Waals surface area (Å²) in [6.45, 7) is 2.02. The number of rotatable bonds is 3. The van der Waals surface area contributed by atoms with Crippen molar-refractivity contribution in [2.45, 2.75) is 13.0 Å². The molecule has 2 aromatic rings. The van der Waals surface area contributed by atoms with Crippen LogP contribution in [0, 0.1) is 0 Å². The van der Waals surface area contributed by atoms with Gasteiger partial charge in [-0.1, -0.05) is 56.8 Å². The van der Waals surface area contributed by atoms with Crippen LogP contribution >= 0.6 is 50.7 Å². The van der Waals surface area contributed by atoms with Gasteiger partial charge < -0.3 is 5.32 Å². The van der Waals surface area contributed by atoms with Crippen LogP contribution in [0.1, 0.15) is 18.5 Å². The molecule has 100 valence electrons. The van der Waals surface area contributed by atoms with Gasteiger partial charge in [0.25, 0.3) is 0 Å². The minimum Gasteiger partial charge on any atom is -0.377 e. The molecule has 0 bridgehead atoms. The number of benzene rings is 2. The SMILES string of the molecule is C[C@@H](Nc1cc(Br)ccc1Cl)c1ccc(Cl)cc1Cl. The quantitative estimate of drug-likeness (QED) is 0.635. The first-order chi connectivity index (χ1) is 8.97. The van der Waals surface area contributed by atoms with Gasteiger partial charge in [0.15, 0.2) is 0 Å². The standard InChI is InChI=1S/C14H11BrCl3N/c1-8(11-4-3-10(16)7-13(11)18)19-14-6-9(15)2-5-12(14)17/h2-8,19H,1H3/t8-/m1/s1.